The van der Waals surface area contributed by atoms with Crippen LogP contribution in [0.5, 0.6) is 0 Å². The highest BCUT2D eigenvalue weighted by Crippen LogP contribution is 2.28. The number of amidine groups is 1. The normalized spacial score (nSPS) is 20.1. The lowest BCUT2D eigenvalue weighted by molar-refractivity contribution is 0.105. The van der Waals surface area contributed by atoms with Crippen LogP contribution in [0.15, 0.2) is 65.7 Å². The molecule has 1 fully saturated rings. The molecule has 3 aromatic carbocycles. The Labute approximate surface area is 164 Å². The minimum absolute atomic E-state index is 0.0201. The molecule has 2 heterocycles. The average molecular weight is 373 g/mol. The molecule has 5 rings (SSSR count). The van der Waals surface area contributed by atoms with E-state index in [0.717, 1.165) is 29.4 Å². The highest BCUT2D eigenvalue weighted by atomic mass is 19.1. The van der Waals surface area contributed by atoms with Gasteiger partial charge in [0.25, 0.3) is 0 Å². The van der Waals surface area contributed by atoms with Gasteiger partial charge in [-0.1, -0.05) is 55.5 Å². The van der Waals surface area contributed by atoms with Gasteiger partial charge in [0.2, 0.25) is 0 Å². The van der Waals surface area contributed by atoms with Crippen LogP contribution in [0.25, 0.3) is 10.8 Å². The van der Waals surface area contributed by atoms with Gasteiger partial charge in [-0.25, -0.2) is 4.39 Å². The fourth-order valence-corrected chi connectivity index (χ4v) is 4.42. The van der Waals surface area contributed by atoms with Crippen LogP contribution < -0.4 is 5.32 Å². The fraction of sp³-hybridized carbons (Fsp3) is 0.292. The van der Waals surface area contributed by atoms with Gasteiger partial charge in [-0.05, 0) is 39.9 Å². The van der Waals surface area contributed by atoms with Crippen molar-refractivity contribution in [2.24, 2.45) is 10.9 Å². The average Bonchev–Trinajstić information content (AvgIpc) is 3.17. The molecule has 1 unspecified atom stereocenters. The Kier molecular flexibility index (Phi) is 4.36. The summed E-state index contributed by atoms with van der Waals surface area (Å²) in [6.45, 7) is 6.29. The Morgan fingerprint density at radius 3 is 2.64 bits per heavy atom. The van der Waals surface area contributed by atoms with Crippen LogP contribution in [-0.4, -0.2) is 30.4 Å². The molecule has 3 nitrogen and oxygen atoms in total. The van der Waals surface area contributed by atoms with Gasteiger partial charge in [-0.3, -0.25) is 9.89 Å². The smallest absolute Gasteiger partial charge is 0.129 e. The first-order valence-electron chi connectivity index (χ1n) is 9.97. The molecule has 0 spiro atoms. The lowest BCUT2D eigenvalue weighted by Crippen LogP contribution is -2.44. The zero-order valence-electron chi connectivity index (χ0n) is 16.0. The van der Waals surface area contributed by atoms with E-state index in [4.69, 9.17) is 4.99 Å². The minimum atomic E-state index is -0.206. The number of hydrogen-bond donors (Lipinski definition) is 1. The summed E-state index contributed by atoms with van der Waals surface area (Å²) in [5.74, 6) is 1.50. The van der Waals surface area contributed by atoms with Crippen LogP contribution in [0.4, 0.5) is 4.39 Å². The van der Waals surface area contributed by atoms with E-state index in [9.17, 15) is 4.39 Å². The third-order valence-corrected chi connectivity index (χ3v) is 5.80. The van der Waals surface area contributed by atoms with Crippen LogP contribution in [0, 0.1) is 11.7 Å². The Morgan fingerprint density at radius 2 is 1.86 bits per heavy atom. The van der Waals surface area contributed by atoms with Gasteiger partial charge in [-0.2, -0.15) is 0 Å². The zero-order valence-corrected chi connectivity index (χ0v) is 16.0. The molecule has 0 bridgehead atoms. The second-order valence-corrected chi connectivity index (χ2v) is 8.06. The highest BCUT2D eigenvalue weighted by Gasteiger charge is 2.24. The number of aliphatic imine (C=N–C) groups is 1. The molecule has 0 saturated carbocycles. The maximum Gasteiger partial charge on any atom is 0.129 e. The summed E-state index contributed by atoms with van der Waals surface area (Å²) in [7, 11) is 0. The quantitative estimate of drug-likeness (QED) is 0.728. The Balaban J connectivity index is 1.43. The molecule has 0 aliphatic carbocycles. The zero-order chi connectivity index (χ0) is 19.1. The molecule has 0 radical (unpaired) electrons. The third kappa shape index (κ3) is 3.18. The van der Waals surface area contributed by atoms with Crippen molar-refractivity contribution in [3.05, 3.63) is 83.2 Å². The topological polar surface area (TPSA) is 27.6 Å². The molecular formula is C24H24FN3. The van der Waals surface area contributed by atoms with Gasteiger partial charge in [0.1, 0.15) is 11.7 Å². The summed E-state index contributed by atoms with van der Waals surface area (Å²) >= 11 is 0. The van der Waals surface area contributed by atoms with Gasteiger partial charge < -0.3 is 5.32 Å². The lowest BCUT2D eigenvalue weighted by Gasteiger charge is -2.37. The van der Waals surface area contributed by atoms with Crippen LogP contribution in [-0.2, 0) is 6.54 Å². The molecule has 0 aromatic heterocycles. The van der Waals surface area contributed by atoms with Gasteiger partial charge in [-0.15, -0.1) is 0 Å². The van der Waals surface area contributed by atoms with Crippen molar-refractivity contribution < 1.29 is 4.39 Å². The summed E-state index contributed by atoms with van der Waals surface area (Å²) in [6.07, 6.45) is 0. The number of halogens is 1. The van der Waals surface area contributed by atoms with Crippen LogP contribution in [0.3, 0.4) is 0 Å². The van der Waals surface area contributed by atoms with E-state index in [2.05, 4.69) is 53.5 Å². The van der Waals surface area contributed by atoms with Crippen molar-refractivity contribution in [3.63, 3.8) is 0 Å². The number of nitrogens with zero attached hydrogens (tertiary/aromatic N) is 2. The molecule has 1 atom stereocenters. The van der Waals surface area contributed by atoms with Crippen molar-refractivity contribution in [1.82, 2.24) is 10.2 Å². The number of likely N-dealkylation sites (tertiary alicyclic amines) is 1. The number of rotatable bonds is 4. The number of fused-ring (bicyclic) bond motifs is 1. The number of benzene rings is 3. The predicted octanol–water partition coefficient (Wildman–Crippen LogP) is 4.52. The third-order valence-electron chi connectivity index (χ3n) is 5.80. The van der Waals surface area contributed by atoms with E-state index in [1.54, 1.807) is 12.1 Å². The molecular weight excluding hydrogens is 349 g/mol. The van der Waals surface area contributed by atoms with E-state index in [1.807, 2.05) is 6.07 Å². The molecule has 2 aliphatic rings. The second kappa shape index (κ2) is 7.02. The molecule has 28 heavy (non-hydrogen) atoms. The van der Waals surface area contributed by atoms with Gasteiger partial charge in [0.05, 0.1) is 12.6 Å². The fourth-order valence-electron chi connectivity index (χ4n) is 4.42. The standard InChI is InChI=1S/C24H24FN3/c1-16-13-28(14-16)15-18-9-10-22(21-8-3-2-7-20(18)21)24-26-12-23(27-24)17-5-4-6-19(25)11-17/h2-11,16,23H,12-15H2,1H3,(H,26,27). The molecule has 2 aliphatic heterocycles. The Hall–Kier alpha value is -2.72. The van der Waals surface area contributed by atoms with Crippen LogP contribution in [0.2, 0.25) is 0 Å². The first kappa shape index (κ1) is 17.4. The highest BCUT2D eigenvalue weighted by molar-refractivity contribution is 6.11. The maximum absolute atomic E-state index is 13.6. The van der Waals surface area contributed by atoms with Crippen molar-refractivity contribution in [2.45, 2.75) is 19.5 Å². The van der Waals surface area contributed by atoms with E-state index in [0.29, 0.717) is 6.54 Å². The van der Waals surface area contributed by atoms with Gasteiger partial charge in [0.15, 0.2) is 0 Å². The maximum atomic E-state index is 13.6. The monoisotopic (exact) mass is 373 g/mol. The Morgan fingerprint density at radius 1 is 1.04 bits per heavy atom. The molecule has 3 aromatic rings. The molecule has 1 N–H and O–H groups in total. The first-order chi connectivity index (χ1) is 13.7. The Bertz CT molecular complexity index is 1050. The van der Waals surface area contributed by atoms with Crippen LogP contribution >= 0.6 is 0 Å². The van der Waals surface area contributed by atoms with Gasteiger partial charge in [0, 0.05) is 25.2 Å². The SMILES string of the molecule is CC1CN(Cc2ccc(C3=NCC(c4cccc(F)c4)N3)c3ccccc23)C1. The molecule has 4 heteroatoms. The summed E-state index contributed by atoms with van der Waals surface area (Å²) in [6, 6.07) is 19.8. The summed E-state index contributed by atoms with van der Waals surface area (Å²) in [5, 5.41) is 6.02. The molecule has 0 amide bonds. The lowest BCUT2D eigenvalue weighted by atomic mass is 9.96. The molecule has 142 valence electrons. The number of nitrogens with one attached hydrogen (secondary N) is 1. The van der Waals surface area contributed by atoms with E-state index in [1.165, 1.54) is 35.5 Å². The second-order valence-electron chi connectivity index (χ2n) is 8.06. The summed E-state index contributed by atoms with van der Waals surface area (Å²) in [5.41, 5.74) is 3.42. The summed E-state index contributed by atoms with van der Waals surface area (Å²) in [4.78, 5) is 7.24. The minimum Gasteiger partial charge on any atom is -0.361 e. The number of hydrogen-bond acceptors (Lipinski definition) is 3. The van der Waals surface area contributed by atoms with Crippen LogP contribution in [0.1, 0.15) is 29.7 Å². The summed E-state index contributed by atoms with van der Waals surface area (Å²) < 4.78 is 13.6. The van der Waals surface area contributed by atoms with Crippen molar-refractivity contribution in [2.75, 3.05) is 19.6 Å². The van der Waals surface area contributed by atoms with Gasteiger partial charge >= 0.3 is 0 Å². The van der Waals surface area contributed by atoms with E-state index >= 15 is 0 Å². The van der Waals surface area contributed by atoms with Crippen molar-refractivity contribution in [1.29, 1.82) is 0 Å². The van der Waals surface area contributed by atoms with E-state index in [-0.39, 0.29) is 11.9 Å². The van der Waals surface area contributed by atoms with Crippen molar-refractivity contribution in [3.8, 4) is 0 Å². The van der Waals surface area contributed by atoms with Crippen molar-refractivity contribution >= 4 is 16.6 Å². The van der Waals surface area contributed by atoms with E-state index < -0.39 is 0 Å². The first-order valence-corrected chi connectivity index (χ1v) is 9.97. The predicted molar refractivity (Wildman–Crippen MR) is 112 cm³/mol. The largest absolute Gasteiger partial charge is 0.361 e. The molecule has 1 saturated heterocycles.